The largest absolute Gasteiger partial charge is 0.206 e. The summed E-state index contributed by atoms with van der Waals surface area (Å²) in [5.41, 5.74) is 1.21. The number of allylic oxidation sites excluding steroid dienone is 2. The molecule has 0 amide bonds. The van der Waals surface area contributed by atoms with E-state index in [2.05, 4.69) is 19.1 Å². The van der Waals surface area contributed by atoms with Crippen molar-refractivity contribution in [1.29, 1.82) is 5.26 Å². The molecule has 0 saturated heterocycles. The zero-order valence-corrected chi connectivity index (χ0v) is 12.1. The van der Waals surface area contributed by atoms with Gasteiger partial charge in [-0.25, -0.2) is 4.39 Å². The Hall–Kier alpha value is -1.62. The van der Waals surface area contributed by atoms with Crippen molar-refractivity contribution >= 4 is 0 Å². The highest BCUT2D eigenvalue weighted by Crippen LogP contribution is 2.37. The van der Waals surface area contributed by atoms with Crippen LogP contribution in [0.5, 0.6) is 0 Å². The zero-order valence-electron chi connectivity index (χ0n) is 12.1. The number of halogens is 1. The van der Waals surface area contributed by atoms with Gasteiger partial charge in [0, 0.05) is 0 Å². The molecule has 0 atom stereocenters. The first-order valence-electron chi connectivity index (χ1n) is 7.55. The quantitative estimate of drug-likeness (QED) is 0.679. The van der Waals surface area contributed by atoms with Crippen molar-refractivity contribution < 1.29 is 4.39 Å². The molecule has 0 unspecified atom stereocenters. The van der Waals surface area contributed by atoms with Crippen LogP contribution in [0.4, 0.5) is 4.39 Å². The molecule has 106 valence electrons. The summed E-state index contributed by atoms with van der Waals surface area (Å²) in [7, 11) is 0. The van der Waals surface area contributed by atoms with Gasteiger partial charge >= 0.3 is 0 Å². The summed E-state index contributed by atoms with van der Waals surface area (Å²) in [6.45, 7) is 2.07. The predicted molar refractivity (Wildman–Crippen MR) is 79.9 cm³/mol. The summed E-state index contributed by atoms with van der Waals surface area (Å²) < 4.78 is 13.7. The minimum absolute atomic E-state index is 0.147. The molecule has 1 saturated carbocycles. The third-order valence-electron chi connectivity index (χ3n) is 4.41. The van der Waals surface area contributed by atoms with Crippen LogP contribution in [-0.2, 0) is 0 Å². The molecule has 20 heavy (non-hydrogen) atoms. The first kappa shape index (κ1) is 14.8. The van der Waals surface area contributed by atoms with Crippen LogP contribution in [0.3, 0.4) is 0 Å². The molecule has 0 spiro atoms. The summed E-state index contributed by atoms with van der Waals surface area (Å²) in [5.74, 6) is 0.918. The van der Waals surface area contributed by atoms with Crippen molar-refractivity contribution in [2.75, 3.05) is 0 Å². The third-order valence-corrected chi connectivity index (χ3v) is 4.41. The second-order valence-corrected chi connectivity index (χ2v) is 5.72. The lowest BCUT2D eigenvalue weighted by atomic mass is 9.77. The lowest BCUT2D eigenvalue weighted by Gasteiger charge is -2.28. The van der Waals surface area contributed by atoms with Gasteiger partial charge in [0.05, 0.1) is 5.56 Å². The maximum atomic E-state index is 13.7. The van der Waals surface area contributed by atoms with Crippen molar-refractivity contribution in [1.82, 2.24) is 0 Å². The van der Waals surface area contributed by atoms with Crippen LogP contribution in [0.2, 0.25) is 0 Å². The predicted octanol–water partition coefficient (Wildman–Crippen LogP) is 5.33. The Morgan fingerprint density at radius 3 is 2.65 bits per heavy atom. The van der Waals surface area contributed by atoms with E-state index < -0.39 is 0 Å². The fourth-order valence-electron chi connectivity index (χ4n) is 3.16. The van der Waals surface area contributed by atoms with E-state index in [0.717, 1.165) is 24.3 Å². The summed E-state index contributed by atoms with van der Waals surface area (Å²) in [6, 6.07) is 6.98. The van der Waals surface area contributed by atoms with Gasteiger partial charge in [-0.3, -0.25) is 0 Å². The topological polar surface area (TPSA) is 23.8 Å². The maximum absolute atomic E-state index is 13.7. The Kier molecular flexibility index (Phi) is 5.35. The van der Waals surface area contributed by atoms with E-state index in [-0.39, 0.29) is 11.4 Å². The zero-order chi connectivity index (χ0) is 14.4. The van der Waals surface area contributed by atoms with Gasteiger partial charge in [0.1, 0.15) is 11.9 Å². The number of benzene rings is 1. The van der Waals surface area contributed by atoms with Crippen molar-refractivity contribution in [3.05, 3.63) is 47.3 Å². The monoisotopic (exact) mass is 271 g/mol. The molecular weight excluding hydrogens is 249 g/mol. The molecule has 1 nitrogen and oxygen atoms in total. The normalized spacial score (nSPS) is 22.9. The van der Waals surface area contributed by atoms with E-state index in [4.69, 9.17) is 5.26 Å². The molecule has 0 bridgehead atoms. The molecular formula is C18H22FN. The number of nitrogens with zero attached hydrogens (tertiary/aromatic N) is 1. The van der Waals surface area contributed by atoms with Gasteiger partial charge in [-0.05, 0) is 75.0 Å². The van der Waals surface area contributed by atoms with Gasteiger partial charge in [-0.2, -0.15) is 5.26 Å². The molecule has 0 radical (unpaired) electrons. The summed E-state index contributed by atoms with van der Waals surface area (Å²) >= 11 is 0. The molecule has 0 aliphatic heterocycles. The van der Waals surface area contributed by atoms with Gasteiger partial charge in [-0.15, -0.1) is 0 Å². The minimum atomic E-state index is -0.375. The molecule has 0 aromatic heterocycles. The number of nitriles is 1. The lowest BCUT2D eigenvalue weighted by Crippen LogP contribution is -2.13. The van der Waals surface area contributed by atoms with E-state index in [9.17, 15) is 4.39 Å². The van der Waals surface area contributed by atoms with Gasteiger partial charge in [0.25, 0.3) is 0 Å². The van der Waals surface area contributed by atoms with E-state index >= 15 is 0 Å². The van der Waals surface area contributed by atoms with Crippen LogP contribution >= 0.6 is 0 Å². The standard InChI is InChI=1S/C18H22FN/c1-2-3-4-5-14-6-8-15(9-7-14)16-10-11-17(13-20)18(19)12-16/h2-3,10-12,14-15H,4-9H2,1H3/b3-2+. The van der Waals surface area contributed by atoms with E-state index in [0.29, 0.717) is 5.92 Å². The van der Waals surface area contributed by atoms with Crippen molar-refractivity contribution in [3.63, 3.8) is 0 Å². The van der Waals surface area contributed by atoms with Crippen LogP contribution in [-0.4, -0.2) is 0 Å². The highest BCUT2D eigenvalue weighted by atomic mass is 19.1. The van der Waals surface area contributed by atoms with Gasteiger partial charge in [-0.1, -0.05) is 18.2 Å². The van der Waals surface area contributed by atoms with Crippen LogP contribution in [0.1, 0.15) is 62.5 Å². The van der Waals surface area contributed by atoms with Crippen LogP contribution in [0, 0.1) is 23.1 Å². The molecule has 1 aromatic rings. The van der Waals surface area contributed by atoms with E-state index in [1.807, 2.05) is 12.1 Å². The lowest BCUT2D eigenvalue weighted by molar-refractivity contribution is 0.311. The van der Waals surface area contributed by atoms with Crippen molar-refractivity contribution in [2.24, 2.45) is 5.92 Å². The van der Waals surface area contributed by atoms with Gasteiger partial charge < -0.3 is 0 Å². The Morgan fingerprint density at radius 2 is 2.05 bits per heavy atom. The van der Waals surface area contributed by atoms with Crippen molar-refractivity contribution in [3.8, 4) is 6.07 Å². The number of hydrogen-bond donors (Lipinski definition) is 0. The maximum Gasteiger partial charge on any atom is 0.141 e. The first-order valence-corrected chi connectivity index (χ1v) is 7.55. The molecule has 0 heterocycles. The highest BCUT2D eigenvalue weighted by Gasteiger charge is 2.22. The van der Waals surface area contributed by atoms with Crippen LogP contribution in [0.25, 0.3) is 0 Å². The smallest absolute Gasteiger partial charge is 0.141 e. The average molecular weight is 271 g/mol. The van der Waals surface area contributed by atoms with E-state index in [1.165, 1.54) is 25.7 Å². The fraction of sp³-hybridized carbons (Fsp3) is 0.500. The highest BCUT2D eigenvalue weighted by molar-refractivity contribution is 5.34. The molecule has 1 aromatic carbocycles. The SMILES string of the molecule is C/C=C/CCC1CCC(c2ccc(C#N)c(F)c2)CC1. The Labute approximate surface area is 121 Å². The summed E-state index contributed by atoms with van der Waals surface area (Å²) in [4.78, 5) is 0. The fourth-order valence-corrected chi connectivity index (χ4v) is 3.16. The Bertz CT molecular complexity index is 505. The first-order chi connectivity index (χ1) is 9.74. The second kappa shape index (κ2) is 7.24. The van der Waals surface area contributed by atoms with Gasteiger partial charge in [0.2, 0.25) is 0 Å². The second-order valence-electron chi connectivity index (χ2n) is 5.72. The Morgan fingerprint density at radius 1 is 1.30 bits per heavy atom. The Balaban J connectivity index is 1.90. The molecule has 2 heteroatoms. The molecule has 1 aliphatic rings. The summed E-state index contributed by atoms with van der Waals surface area (Å²) in [6.07, 6.45) is 11.6. The number of rotatable bonds is 4. The molecule has 1 fully saturated rings. The number of hydrogen-bond acceptors (Lipinski definition) is 1. The van der Waals surface area contributed by atoms with Gasteiger partial charge in [0.15, 0.2) is 0 Å². The van der Waals surface area contributed by atoms with Crippen molar-refractivity contribution in [2.45, 2.75) is 51.4 Å². The van der Waals surface area contributed by atoms with Crippen LogP contribution < -0.4 is 0 Å². The van der Waals surface area contributed by atoms with Crippen LogP contribution in [0.15, 0.2) is 30.4 Å². The van der Waals surface area contributed by atoms with E-state index in [1.54, 1.807) is 12.1 Å². The third kappa shape index (κ3) is 3.70. The molecule has 2 rings (SSSR count). The molecule has 0 N–H and O–H groups in total. The molecule has 1 aliphatic carbocycles. The summed E-state index contributed by atoms with van der Waals surface area (Å²) in [5, 5.41) is 8.76. The minimum Gasteiger partial charge on any atom is -0.206 e. The average Bonchev–Trinajstić information content (AvgIpc) is 2.48.